The van der Waals surface area contributed by atoms with Gasteiger partial charge in [0.2, 0.25) is 0 Å². The molecular weight excluding hydrogens is 201 g/mol. The number of hydrogen-bond acceptors (Lipinski definition) is 3. The van der Waals surface area contributed by atoms with E-state index in [1.54, 1.807) is 0 Å². The van der Waals surface area contributed by atoms with Crippen molar-refractivity contribution < 1.29 is 27.4 Å². The summed E-state index contributed by atoms with van der Waals surface area (Å²) in [5.74, 6) is -0.687. The van der Waals surface area contributed by atoms with E-state index in [1.165, 1.54) is 0 Å². The Bertz CT molecular complexity index is 200. The predicted octanol–water partition coefficient (Wildman–Crippen LogP) is 1.68. The van der Waals surface area contributed by atoms with Crippen molar-refractivity contribution in [2.75, 3.05) is 13.2 Å². The quantitative estimate of drug-likeness (QED) is 0.395. The van der Waals surface area contributed by atoms with Crippen molar-refractivity contribution in [3.8, 4) is 0 Å². The zero-order chi connectivity index (χ0) is 11.2. The van der Waals surface area contributed by atoms with Gasteiger partial charge in [-0.05, 0) is 6.92 Å². The molecule has 0 aromatic rings. The molecule has 0 spiro atoms. The molecule has 0 saturated carbocycles. The summed E-state index contributed by atoms with van der Waals surface area (Å²) in [6.07, 6.45) is -5.32. The Morgan fingerprint density at radius 3 is 2.50 bits per heavy atom. The summed E-state index contributed by atoms with van der Waals surface area (Å²) in [5, 5.41) is 0. The van der Waals surface area contributed by atoms with Gasteiger partial charge in [-0.1, -0.05) is 6.58 Å². The topological polar surface area (TPSA) is 35.5 Å². The van der Waals surface area contributed by atoms with E-state index in [0.717, 1.165) is 13.0 Å². The molecular formula is C8H11F3O3. The lowest BCUT2D eigenvalue weighted by molar-refractivity contribution is -0.216. The lowest BCUT2D eigenvalue weighted by atomic mass is 10.4. The van der Waals surface area contributed by atoms with Gasteiger partial charge in [0.25, 0.3) is 0 Å². The number of rotatable bonds is 5. The summed E-state index contributed by atoms with van der Waals surface area (Å²) < 4.78 is 44.3. The average Bonchev–Trinajstić information content (AvgIpc) is 2.09. The highest BCUT2D eigenvalue weighted by atomic mass is 19.4. The molecule has 0 fully saturated rings. The van der Waals surface area contributed by atoms with Gasteiger partial charge in [-0.3, -0.25) is 0 Å². The number of ether oxygens (including phenoxy) is 2. The zero-order valence-corrected chi connectivity index (χ0v) is 7.63. The van der Waals surface area contributed by atoms with Crippen molar-refractivity contribution in [3.05, 3.63) is 12.7 Å². The number of alkyl halides is 3. The molecule has 82 valence electrons. The standard InChI is InChI=1S/C8H11F3O3/c1-3-7(12)14-5-4-13-6(2)8(9,10)11/h3,6H,1,4-5H2,2H3. The summed E-state index contributed by atoms with van der Waals surface area (Å²) >= 11 is 0. The molecule has 0 heterocycles. The first-order valence-corrected chi connectivity index (χ1v) is 3.85. The second-order valence-corrected chi connectivity index (χ2v) is 2.43. The fourth-order valence-electron chi connectivity index (χ4n) is 0.521. The third kappa shape index (κ3) is 5.58. The predicted molar refractivity (Wildman–Crippen MR) is 42.6 cm³/mol. The maximum Gasteiger partial charge on any atom is 0.414 e. The van der Waals surface area contributed by atoms with Gasteiger partial charge in [-0.25, -0.2) is 4.79 Å². The van der Waals surface area contributed by atoms with Crippen molar-refractivity contribution in [1.29, 1.82) is 0 Å². The summed E-state index contributed by atoms with van der Waals surface area (Å²) in [6.45, 7) is 3.49. The number of carbonyl (C=O) groups is 1. The SMILES string of the molecule is C=CC(=O)OCCOC(C)C(F)(F)F. The summed E-state index contributed by atoms with van der Waals surface area (Å²) in [5.41, 5.74) is 0. The smallest absolute Gasteiger partial charge is 0.414 e. The Morgan fingerprint density at radius 1 is 1.50 bits per heavy atom. The van der Waals surface area contributed by atoms with Crippen LogP contribution >= 0.6 is 0 Å². The van der Waals surface area contributed by atoms with E-state index in [-0.39, 0.29) is 13.2 Å². The molecule has 0 radical (unpaired) electrons. The normalized spacial score (nSPS) is 13.4. The number of hydrogen-bond donors (Lipinski definition) is 0. The lowest BCUT2D eigenvalue weighted by Crippen LogP contribution is -2.29. The van der Waals surface area contributed by atoms with Crippen molar-refractivity contribution in [3.63, 3.8) is 0 Å². The number of esters is 1. The first-order valence-electron chi connectivity index (χ1n) is 3.85. The summed E-state index contributed by atoms with van der Waals surface area (Å²) in [4.78, 5) is 10.4. The van der Waals surface area contributed by atoms with E-state index in [4.69, 9.17) is 0 Å². The number of carbonyl (C=O) groups excluding carboxylic acids is 1. The Labute approximate surface area is 79.5 Å². The van der Waals surface area contributed by atoms with Crippen LogP contribution in [0.15, 0.2) is 12.7 Å². The van der Waals surface area contributed by atoms with Crippen molar-refractivity contribution in [2.45, 2.75) is 19.2 Å². The monoisotopic (exact) mass is 212 g/mol. The van der Waals surface area contributed by atoms with Gasteiger partial charge >= 0.3 is 12.1 Å². The molecule has 0 aromatic carbocycles. The zero-order valence-electron chi connectivity index (χ0n) is 7.63. The minimum Gasteiger partial charge on any atom is -0.460 e. The van der Waals surface area contributed by atoms with Crippen LogP contribution in [0.5, 0.6) is 0 Å². The molecule has 1 atom stereocenters. The van der Waals surface area contributed by atoms with E-state index in [9.17, 15) is 18.0 Å². The third-order valence-corrected chi connectivity index (χ3v) is 1.32. The number of halogens is 3. The van der Waals surface area contributed by atoms with E-state index in [2.05, 4.69) is 16.1 Å². The molecule has 0 aliphatic heterocycles. The molecule has 1 unspecified atom stereocenters. The van der Waals surface area contributed by atoms with Gasteiger partial charge < -0.3 is 9.47 Å². The minimum atomic E-state index is -4.39. The maximum absolute atomic E-state index is 11.9. The largest absolute Gasteiger partial charge is 0.460 e. The molecule has 0 rings (SSSR count). The van der Waals surface area contributed by atoms with Crippen LogP contribution in [0.4, 0.5) is 13.2 Å². The van der Waals surface area contributed by atoms with Gasteiger partial charge in [0.15, 0.2) is 6.10 Å². The van der Waals surface area contributed by atoms with Crippen LogP contribution in [-0.4, -0.2) is 31.5 Å². The third-order valence-electron chi connectivity index (χ3n) is 1.32. The van der Waals surface area contributed by atoms with Crippen LogP contribution in [0.25, 0.3) is 0 Å². The van der Waals surface area contributed by atoms with E-state index >= 15 is 0 Å². The van der Waals surface area contributed by atoms with Crippen molar-refractivity contribution in [2.24, 2.45) is 0 Å². The molecule has 6 heteroatoms. The Kier molecular flexibility index (Phi) is 5.22. The lowest BCUT2D eigenvalue weighted by Gasteiger charge is -2.15. The second-order valence-electron chi connectivity index (χ2n) is 2.43. The fraction of sp³-hybridized carbons (Fsp3) is 0.625. The fourth-order valence-corrected chi connectivity index (χ4v) is 0.521. The highest BCUT2D eigenvalue weighted by Crippen LogP contribution is 2.21. The average molecular weight is 212 g/mol. The van der Waals surface area contributed by atoms with Crippen LogP contribution < -0.4 is 0 Å². The Balaban J connectivity index is 3.55. The molecule has 14 heavy (non-hydrogen) atoms. The van der Waals surface area contributed by atoms with E-state index < -0.39 is 18.2 Å². The molecule has 0 N–H and O–H groups in total. The first-order chi connectivity index (χ1) is 6.38. The molecule has 0 bridgehead atoms. The van der Waals surface area contributed by atoms with Gasteiger partial charge in [0, 0.05) is 6.08 Å². The van der Waals surface area contributed by atoms with Crippen molar-refractivity contribution in [1.82, 2.24) is 0 Å². The summed E-state index contributed by atoms with van der Waals surface area (Å²) in [6, 6.07) is 0. The van der Waals surface area contributed by atoms with Crippen molar-refractivity contribution >= 4 is 5.97 Å². The second kappa shape index (κ2) is 5.64. The highest BCUT2D eigenvalue weighted by molar-refractivity contribution is 5.81. The Hall–Kier alpha value is -1.04. The van der Waals surface area contributed by atoms with Gasteiger partial charge in [0.05, 0.1) is 6.61 Å². The molecule has 0 amide bonds. The van der Waals surface area contributed by atoms with Gasteiger partial charge in [0.1, 0.15) is 6.61 Å². The first kappa shape index (κ1) is 13.0. The van der Waals surface area contributed by atoms with Crippen LogP contribution in [0.3, 0.4) is 0 Å². The van der Waals surface area contributed by atoms with Gasteiger partial charge in [-0.2, -0.15) is 13.2 Å². The van der Waals surface area contributed by atoms with Crippen LogP contribution in [0.2, 0.25) is 0 Å². The minimum absolute atomic E-state index is 0.217. The van der Waals surface area contributed by atoms with E-state index in [0.29, 0.717) is 0 Å². The molecule has 0 saturated heterocycles. The van der Waals surface area contributed by atoms with Crippen LogP contribution in [-0.2, 0) is 14.3 Å². The van der Waals surface area contributed by atoms with Gasteiger partial charge in [-0.15, -0.1) is 0 Å². The summed E-state index contributed by atoms with van der Waals surface area (Å²) in [7, 11) is 0. The molecule has 0 aromatic heterocycles. The maximum atomic E-state index is 11.9. The highest BCUT2D eigenvalue weighted by Gasteiger charge is 2.36. The van der Waals surface area contributed by atoms with Crippen LogP contribution in [0.1, 0.15) is 6.92 Å². The van der Waals surface area contributed by atoms with Crippen LogP contribution in [0, 0.1) is 0 Å². The molecule has 0 aliphatic carbocycles. The molecule has 0 aliphatic rings. The van der Waals surface area contributed by atoms with E-state index in [1.807, 2.05) is 0 Å². The molecule has 3 nitrogen and oxygen atoms in total. The Morgan fingerprint density at radius 2 is 2.07 bits per heavy atom.